The molecule has 0 aliphatic carbocycles. The van der Waals surface area contributed by atoms with Gasteiger partial charge in [0.25, 0.3) is 0 Å². The minimum absolute atomic E-state index is 0.0185. The van der Waals surface area contributed by atoms with E-state index >= 15 is 0 Å². The Balaban J connectivity index is 3.38. The molecule has 1 saturated heterocycles. The van der Waals surface area contributed by atoms with Gasteiger partial charge in [0.2, 0.25) is 12.4 Å². The van der Waals surface area contributed by atoms with Crippen molar-refractivity contribution in [3.05, 3.63) is 0 Å². The molecule has 0 aromatic carbocycles. The molecule has 0 N–H and O–H groups in total. The summed E-state index contributed by atoms with van der Waals surface area (Å²) in [5, 5.41) is 0. The molecule has 0 unspecified atom stereocenters. The van der Waals surface area contributed by atoms with Crippen molar-refractivity contribution in [2.45, 2.75) is 65.3 Å². The molecule has 0 saturated carbocycles. The Morgan fingerprint density at radius 3 is 1.59 bits per heavy atom. The van der Waals surface area contributed by atoms with Crippen LogP contribution in [0.15, 0.2) is 0 Å². The minimum atomic E-state index is -1.60. The standard InChI is InChI=1S/C16H22O11/c1-6-22-15(21)13-11(23-7(2)17)12(24-8(3)18)14(25-9(4)19)16(27-13)26-10(5)20/h11-14,16H,6H2,1-5H3/t11-,12-,13-,14+,16-/m0/s1. The highest BCUT2D eigenvalue weighted by atomic mass is 16.7. The molecule has 5 atom stereocenters. The van der Waals surface area contributed by atoms with Crippen molar-refractivity contribution >= 4 is 29.8 Å². The first-order valence-electron chi connectivity index (χ1n) is 8.07. The molecule has 1 aliphatic heterocycles. The Morgan fingerprint density at radius 1 is 0.704 bits per heavy atom. The summed E-state index contributed by atoms with van der Waals surface area (Å²) in [6.07, 6.45) is -7.65. The van der Waals surface area contributed by atoms with Crippen LogP contribution in [0.2, 0.25) is 0 Å². The van der Waals surface area contributed by atoms with Gasteiger partial charge in [-0.1, -0.05) is 0 Å². The van der Waals surface area contributed by atoms with Gasteiger partial charge in [0, 0.05) is 27.7 Å². The van der Waals surface area contributed by atoms with Gasteiger partial charge >= 0.3 is 29.8 Å². The topological polar surface area (TPSA) is 141 Å². The molecule has 1 heterocycles. The van der Waals surface area contributed by atoms with Crippen molar-refractivity contribution in [1.29, 1.82) is 0 Å². The molecular formula is C16H22O11. The lowest BCUT2D eigenvalue weighted by molar-refractivity contribution is -0.294. The summed E-state index contributed by atoms with van der Waals surface area (Å²) in [4.78, 5) is 58.1. The molecule has 11 nitrogen and oxygen atoms in total. The second-order valence-electron chi connectivity index (χ2n) is 5.51. The Kier molecular flexibility index (Phi) is 8.16. The third-order valence-electron chi connectivity index (χ3n) is 3.20. The van der Waals surface area contributed by atoms with Crippen molar-refractivity contribution in [2.75, 3.05) is 6.61 Å². The molecule has 0 amide bonds. The molecule has 0 radical (unpaired) electrons. The Labute approximate surface area is 155 Å². The summed E-state index contributed by atoms with van der Waals surface area (Å²) in [6.45, 7) is 5.77. The maximum atomic E-state index is 12.3. The van der Waals surface area contributed by atoms with Crippen LogP contribution >= 0.6 is 0 Å². The predicted octanol–water partition coefficient (Wildman–Crippen LogP) is -0.367. The molecule has 152 valence electrons. The van der Waals surface area contributed by atoms with Crippen LogP contribution in [0.25, 0.3) is 0 Å². The second kappa shape index (κ2) is 9.86. The van der Waals surface area contributed by atoms with Crippen molar-refractivity contribution in [2.24, 2.45) is 0 Å². The lowest BCUT2D eigenvalue weighted by Crippen LogP contribution is -2.64. The van der Waals surface area contributed by atoms with Gasteiger partial charge in [-0.2, -0.15) is 0 Å². The van der Waals surface area contributed by atoms with E-state index in [2.05, 4.69) is 0 Å². The number of hydrogen-bond donors (Lipinski definition) is 0. The van der Waals surface area contributed by atoms with E-state index in [0.29, 0.717) is 0 Å². The Hall–Kier alpha value is -2.69. The smallest absolute Gasteiger partial charge is 0.339 e. The van der Waals surface area contributed by atoms with E-state index in [1.165, 1.54) is 6.92 Å². The van der Waals surface area contributed by atoms with Gasteiger partial charge in [-0.25, -0.2) is 4.79 Å². The van der Waals surface area contributed by atoms with E-state index in [4.69, 9.17) is 28.4 Å². The zero-order chi connectivity index (χ0) is 20.7. The molecule has 1 fully saturated rings. The van der Waals surface area contributed by atoms with E-state index < -0.39 is 60.6 Å². The van der Waals surface area contributed by atoms with Crippen LogP contribution in [0.1, 0.15) is 34.6 Å². The predicted molar refractivity (Wildman–Crippen MR) is 83.7 cm³/mol. The normalized spacial score (nSPS) is 27.1. The molecule has 0 aromatic rings. The fourth-order valence-electron chi connectivity index (χ4n) is 2.45. The van der Waals surface area contributed by atoms with Gasteiger partial charge in [0.15, 0.2) is 18.3 Å². The van der Waals surface area contributed by atoms with E-state index in [-0.39, 0.29) is 6.61 Å². The first-order chi connectivity index (χ1) is 12.6. The van der Waals surface area contributed by atoms with Crippen LogP contribution in [0.4, 0.5) is 0 Å². The zero-order valence-electron chi connectivity index (χ0n) is 15.6. The maximum Gasteiger partial charge on any atom is 0.339 e. The largest absolute Gasteiger partial charge is 0.464 e. The number of ether oxygens (including phenoxy) is 6. The lowest BCUT2D eigenvalue weighted by atomic mass is 9.97. The van der Waals surface area contributed by atoms with E-state index in [1.807, 2.05) is 0 Å². The van der Waals surface area contributed by atoms with Crippen molar-refractivity contribution in [3.63, 3.8) is 0 Å². The van der Waals surface area contributed by atoms with Gasteiger partial charge in [-0.15, -0.1) is 0 Å². The molecule has 0 bridgehead atoms. The number of carbonyl (C=O) groups excluding carboxylic acids is 5. The van der Waals surface area contributed by atoms with E-state index in [0.717, 1.165) is 27.7 Å². The lowest BCUT2D eigenvalue weighted by Gasteiger charge is -2.42. The van der Waals surface area contributed by atoms with Gasteiger partial charge in [0.05, 0.1) is 6.61 Å². The molecule has 0 spiro atoms. The first-order valence-corrected chi connectivity index (χ1v) is 8.07. The highest BCUT2D eigenvalue weighted by Gasteiger charge is 2.56. The number of hydrogen-bond acceptors (Lipinski definition) is 11. The molecular weight excluding hydrogens is 368 g/mol. The molecule has 27 heavy (non-hydrogen) atoms. The summed E-state index contributed by atoms with van der Waals surface area (Å²) < 4.78 is 30.5. The number of rotatable bonds is 6. The third kappa shape index (κ3) is 6.51. The maximum absolute atomic E-state index is 12.3. The van der Waals surface area contributed by atoms with Crippen LogP contribution in [-0.4, -0.2) is 67.2 Å². The van der Waals surface area contributed by atoms with Crippen molar-refractivity contribution < 1.29 is 52.4 Å². The molecule has 11 heteroatoms. The highest BCUT2D eigenvalue weighted by Crippen LogP contribution is 2.30. The molecule has 1 rings (SSSR count). The molecule has 1 aliphatic rings. The minimum Gasteiger partial charge on any atom is -0.464 e. The highest BCUT2D eigenvalue weighted by molar-refractivity contribution is 5.77. The molecule has 0 aromatic heterocycles. The van der Waals surface area contributed by atoms with E-state index in [9.17, 15) is 24.0 Å². The summed E-state index contributed by atoms with van der Waals surface area (Å²) in [5.74, 6) is -4.20. The van der Waals surface area contributed by atoms with Crippen LogP contribution < -0.4 is 0 Å². The van der Waals surface area contributed by atoms with Crippen LogP contribution in [-0.2, 0) is 52.4 Å². The average Bonchev–Trinajstić information content (AvgIpc) is 2.51. The average molecular weight is 390 g/mol. The van der Waals surface area contributed by atoms with Crippen LogP contribution in [0, 0.1) is 0 Å². The summed E-state index contributed by atoms with van der Waals surface area (Å²) in [5.41, 5.74) is 0. The van der Waals surface area contributed by atoms with Gasteiger partial charge in [-0.05, 0) is 6.92 Å². The van der Waals surface area contributed by atoms with Crippen LogP contribution in [0.5, 0.6) is 0 Å². The van der Waals surface area contributed by atoms with Crippen molar-refractivity contribution in [1.82, 2.24) is 0 Å². The fourth-order valence-corrected chi connectivity index (χ4v) is 2.45. The summed E-state index contributed by atoms with van der Waals surface area (Å²) in [7, 11) is 0. The number of carbonyl (C=O) groups is 5. The monoisotopic (exact) mass is 390 g/mol. The summed E-state index contributed by atoms with van der Waals surface area (Å²) in [6, 6.07) is 0. The summed E-state index contributed by atoms with van der Waals surface area (Å²) >= 11 is 0. The zero-order valence-corrected chi connectivity index (χ0v) is 15.6. The van der Waals surface area contributed by atoms with E-state index in [1.54, 1.807) is 0 Å². The Morgan fingerprint density at radius 2 is 1.15 bits per heavy atom. The SMILES string of the molecule is CCOC(=O)[C@H]1O[C@H](OC(C)=O)[C@H](OC(C)=O)[C@@H](OC(C)=O)[C@@H]1OC(C)=O. The third-order valence-corrected chi connectivity index (χ3v) is 3.20. The van der Waals surface area contributed by atoms with Gasteiger partial charge in [0.1, 0.15) is 0 Å². The second-order valence-corrected chi connectivity index (χ2v) is 5.51. The quantitative estimate of drug-likeness (QED) is 0.433. The van der Waals surface area contributed by atoms with Gasteiger partial charge < -0.3 is 28.4 Å². The van der Waals surface area contributed by atoms with Gasteiger partial charge in [-0.3, -0.25) is 19.2 Å². The fraction of sp³-hybridized carbons (Fsp3) is 0.688. The van der Waals surface area contributed by atoms with Crippen LogP contribution in [0.3, 0.4) is 0 Å². The van der Waals surface area contributed by atoms with Crippen molar-refractivity contribution in [3.8, 4) is 0 Å². The number of esters is 5. The Bertz CT molecular complexity index is 599. The first kappa shape index (κ1) is 22.4.